The van der Waals surface area contributed by atoms with E-state index in [2.05, 4.69) is 5.32 Å². The minimum absolute atomic E-state index is 0.174. The average molecular weight is 451 g/mol. The van der Waals surface area contributed by atoms with Crippen molar-refractivity contribution in [2.45, 2.75) is 46.2 Å². The molecule has 1 unspecified atom stereocenters. The van der Waals surface area contributed by atoms with E-state index in [4.69, 9.17) is 27.9 Å². The largest absolute Gasteiger partial charge is 0.484 e. The van der Waals surface area contributed by atoms with Crippen molar-refractivity contribution in [1.82, 2.24) is 10.2 Å². The molecule has 1 atom stereocenters. The third kappa shape index (κ3) is 6.92. The first-order valence-corrected chi connectivity index (χ1v) is 10.8. The molecule has 0 aromatic heterocycles. The molecule has 2 aromatic carbocycles. The van der Waals surface area contributed by atoms with Gasteiger partial charge in [-0.2, -0.15) is 0 Å². The van der Waals surface area contributed by atoms with Gasteiger partial charge in [0, 0.05) is 23.1 Å². The SMILES string of the molecule is CCCNC(=O)C(CC)N(Cc1ccc(Cl)cc1Cl)C(=O)COc1cccc(C)c1. The first-order chi connectivity index (χ1) is 14.3. The van der Waals surface area contributed by atoms with E-state index in [0.717, 1.165) is 12.0 Å². The molecule has 2 rings (SSSR count). The number of amides is 2. The average Bonchev–Trinajstić information content (AvgIpc) is 2.71. The van der Waals surface area contributed by atoms with Crippen molar-refractivity contribution < 1.29 is 14.3 Å². The highest BCUT2D eigenvalue weighted by atomic mass is 35.5. The lowest BCUT2D eigenvalue weighted by Crippen LogP contribution is -2.50. The van der Waals surface area contributed by atoms with Gasteiger partial charge in [0.1, 0.15) is 11.8 Å². The fourth-order valence-corrected chi connectivity index (χ4v) is 3.52. The molecule has 0 saturated heterocycles. The highest BCUT2D eigenvalue weighted by Gasteiger charge is 2.29. The highest BCUT2D eigenvalue weighted by Crippen LogP contribution is 2.24. The van der Waals surface area contributed by atoms with Gasteiger partial charge in [-0.15, -0.1) is 0 Å². The van der Waals surface area contributed by atoms with Crippen molar-refractivity contribution in [1.29, 1.82) is 0 Å². The Morgan fingerprint density at radius 3 is 2.53 bits per heavy atom. The Kier molecular flexibility index (Phi) is 9.47. The van der Waals surface area contributed by atoms with E-state index in [1.54, 1.807) is 24.3 Å². The van der Waals surface area contributed by atoms with Crippen LogP contribution in [0.2, 0.25) is 10.0 Å². The second-order valence-corrected chi connectivity index (χ2v) is 7.92. The number of hydrogen-bond acceptors (Lipinski definition) is 3. The predicted octanol–water partition coefficient (Wildman–Crippen LogP) is 5.01. The summed E-state index contributed by atoms with van der Waals surface area (Å²) in [5.74, 6) is 0.130. The van der Waals surface area contributed by atoms with Gasteiger partial charge >= 0.3 is 0 Å². The Labute approximate surface area is 188 Å². The van der Waals surface area contributed by atoms with Crippen LogP contribution in [0.15, 0.2) is 42.5 Å². The van der Waals surface area contributed by atoms with E-state index < -0.39 is 6.04 Å². The van der Waals surface area contributed by atoms with Crippen molar-refractivity contribution in [3.63, 3.8) is 0 Å². The number of halogens is 2. The van der Waals surface area contributed by atoms with Crippen LogP contribution in [0.5, 0.6) is 5.75 Å². The Bertz CT molecular complexity index is 873. The molecule has 0 aliphatic heterocycles. The Hall–Kier alpha value is -2.24. The Morgan fingerprint density at radius 1 is 1.13 bits per heavy atom. The number of rotatable bonds is 10. The molecule has 0 saturated carbocycles. The minimum Gasteiger partial charge on any atom is -0.484 e. The zero-order chi connectivity index (χ0) is 22.1. The molecular weight excluding hydrogens is 423 g/mol. The summed E-state index contributed by atoms with van der Waals surface area (Å²) < 4.78 is 5.70. The van der Waals surface area contributed by atoms with Crippen molar-refractivity contribution in [3.05, 3.63) is 63.6 Å². The first-order valence-electron chi connectivity index (χ1n) is 10.1. The van der Waals surface area contributed by atoms with E-state index in [1.807, 2.05) is 39.0 Å². The molecular formula is C23H28Cl2N2O3. The van der Waals surface area contributed by atoms with Crippen LogP contribution in [0.4, 0.5) is 0 Å². The van der Waals surface area contributed by atoms with Crippen LogP contribution in [0.3, 0.4) is 0 Å². The summed E-state index contributed by atoms with van der Waals surface area (Å²) in [5.41, 5.74) is 1.75. The van der Waals surface area contributed by atoms with Gasteiger partial charge in [0.05, 0.1) is 0 Å². The van der Waals surface area contributed by atoms with Crippen molar-refractivity contribution in [3.8, 4) is 5.75 Å². The fraction of sp³-hybridized carbons (Fsp3) is 0.391. The Balaban J connectivity index is 2.23. The monoisotopic (exact) mass is 450 g/mol. The summed E-state index contributed by atoms with van der Waals surface area (Å²) in [6, 6.07) is 12.0. The quantitative estimate of drug-likeness (QED) is 0.552. The first kappa shape index (κ1) is 24.0. The summed E-state index contributed by atoms with van der Waals surface area (Å²) in [5, 5.41) is 3.84. The zero-order valence-corrected chi connectivity index (χ0v) is 19.1. The second kappa shape index (κ2) is 11.8. The number of carbonyl (C=O) groups is 2. The molecule has 0 fully saturated rings. The van der Waals surface area contributed by atoms with Crippen LogP contribution >= 0.6 is 23.2 Å². The van der Waals surface area contributed by atoms with Gasteiger partial charge in [0.2, 0.25) is 5.91 Å². The lowest BCUT2D eigenvalue weighted by molar-refractivity contribution is -0.143. The summed E-state index contributed by atoms with van der Waals surface area (Å²) in [4.78, 5) is 27.4. The topological polar surface area (TPSA) is 58.6 Å². The molecule has 0 spiro atoms. The van der Waals surface area contributed by atoms with Gasteiger partial charge < -0.3 is 15.0 Å². The molecule has 162 valence electrons. The van der Waals surface area contributed by atoms with Crippen molar-refractivity contribution >= 4 is 35.0 Å². The van der Waals surface area contributed by atoms with Crippen LogP contribution in [0.25, 0.3) is 0 Å². The van der Waals surface area contributed by atoms with Gasteiger partial charge in [0.25, 0.3) is 5.91 Å². The molecule has 0 heterocycles. The number of carbonyl (C=O) groups excluding carboxylic acids is 2. The molecule has 30 heavy (non-hydrogen) atoms. The lowest BCUT2D eigenvalue weighted by atomic mass is 10.1. The maximum atomic E-state index is 13.1. The number of nitrogens with zero attached hydrogens (tertiary/aromatic N) is 1. The number of benzene rings is 2. The normalized spacial score (nSPS) is 11.6. The van der Waals surface area contributed by atoms with Gasteiger partial charge in [-0.1, -0.05) is 55.2 Å². The molecule has 2 amide bonds. The predicted molar refractivity (Wildman–Crippen MR) is 121 cm³/mol. The maximum absolute atomic E-state index is 13.1. The van der Waals surface area contributed by atoms with E-state index in [-0.39, 0.29) is 25.0 Å². The molecule has 7 heteroatoms. The summed E-state index contributed by atoms with van der Waals surface area (Å²) in [6.07, 6.45) is 1.28. The number of ether oxygens (including phenoxy) is 1. The molecule has 0 bridgehead atoms. The van der Waals surface area contributed by atoms with Crippen LogP contribution in [0, 0.1) is 6.92 Å². The van der Waals surface area contributed by atoms with Gasteiger partial charge in [-0.25, -0.2) is 0 Å². The Morgan fingerprint density at radius 2 is 1.90 bits per heavy atom. The van der Waals surface area contributed by atoms with Crippen molar-refractivity contribution in [2.75, 3.05) is 13.2 Å². The smallest absolute Gasteiger partial charge is 0.261 e. The molecule has 1 N–H and O–H groups in total. The van der Waals surface area contributed by atoms with Gasteiger partial charge in [0.15, 0.2) is 6.61 Å². The minimum atomic E-state index is -0.628. The molecule has 0 aliphatic rings. The zero-order valence-electron chi connectivity index (χ0n) is 17.6. The second-order valence-electron chi connectivity index (χ2n) is 7.08. The number of hydrogen-bond donors (Lipinski definition) is 1. The van der Waals surface area contributed by atoms with Crippen LogP contribution in [-0.4, -0.2) is 35.9 Å². The molecule has 0 aliphatic carbocycles. The standard InChI is InChI=1S/C23H28Cl2N2O3/c1-4-11-26-23(29)21(5-2)27(14-17-9-10-18(24)13-20(17)25)22(28)15-30-19-8-6-7-16(3)12-19/h6-10,12-13,21H,4-5,11,14-15H2,1-3H3,(H,26,29). The van der Waals surface area contributed by atoms with Gasteiger partial charge in [-0.3, -0.25) is 9.59 Å². The summed E-state index contributed by atoms with van der Waals surface area (Å²) >= 11 is 12.3. The van der Waals surface area contributed by atoms with E-state index >= 15 is 0 Å². The molecule has 5 nitrogen and oxygen atoms in total. The number of nitrogens with one attached hydrogen (secondary N) is 1. The summed E-state index contributed by atoms with van der Waals surface area (Å²) in [7, 11) is 0. The van der Waals surface area contributed by atoms with E-state index in [1.165, 1.54) is 4.90 Å². The van der Waals surface area contributed by atoms with Crippen LogP contribution in [-0.2, 0) is 16.1 Å². The van der Waals surface area contributed by atoms with Crippen molar-refractivity contribution in [2.24, 2.45) is 0 Å². The van der Waals surface area contributed by atoms with E-state index in [0.29, 0.717) is 34.3 Å². The maximum Gasteiger partial charge on any atom is 0.261 e. The van der Waals surface area contributed by atoms with Crippen LogP contribution < -0.4 is 10.1 Å². The van der Waals surface area contributed by atoms with Gasteiger partial charge in [-0.05, 0) is 55.2 Å². The fourth-order valence-electron chi connectivity index (χ4n) is 3.05. The summed E-state index contributed by atoms with van der Waals surface area (Å²) in [6.45, 7) is 6.37. The highest BCUT2D eigenvalue weighted by molar-refractivity contribution is 6.35. The lowest BCUT2D eigenvalue weighted by Gasteiger charge is -2.31. The third-order valence-electron chi connectivity index (χ3n) is 4.64. The molecule has 0 radical (unpaired) electrons. The van der Waals surface area contributed by atoms with Crippen LogP contribution in [0.1, 0.15) is 37.8 Å². The van der Waals surface area contributed by atoms with E-state index in [9.17, 15) is 9.59 Å². The number of aryl methyl sites for hydroxylation is 1. The third-order valence-corrected chi connectivity index (χ3v) is 5.23. The molecule has 2 aromatic rings.